The van der Waals surface area contributed by atoms with E-state index in [2.05, 4.69) is 0 Å². The van der Waals surface area contributed by atoms with Gasteiger partial charge in [-0.05, 0) is 49.2 Å². The molecule has 0 aliphatic carbocycles. The number of rotatable bonds is 3. The molecule has 0 amide bonds. The number of halogens is 1. The van der Waals surface area contributed by atoms with Gasteiger partial charge >= 0.3 is 5.97 Å². The molecule has 0 spiro atoms. The summed E-state index contributed by atoms with van der Waals surface area (Å²) in [4.78, 5) is 25.0. The van der Waals surface area contributed by atoms with Crippen LogP contribution in [-0.2, 0) is 0 Å². The van der Waals surface area contributed by atoms with Gasteiger partial charge in [0.25, 0.3) is 0 Å². The number of carbonyl (C=O) groups excluding carboxylic acids is 2. The number of ketones is 1. The molecule has 0 radical (unpaired) electrons. The van der Waals surface area contributed by atoms with Gasteiger partial charge in [0.15, 0.2) is 5.76 Å². The second kappa shape index (κ2) is 7.36. The minimum atomic E-state index is -0.817. The minimum absolute atomic E-state index is 0.164. The molecule has 5 heteroatoms. The molecule has 0 atom stereocenters. The van der Waals surface area contributed by atoms with E-state index in [1.165, 1.54) is 24.3 Å². The molecule has 4 rings (SSSR count). The normalized spacial score (nSPS) is 13.9. The SMILES string of the molecule is Cc1cccc(/C=C2\Oc3cc(OC(=O)c4ccccc4F)cc(C)c3C2=O)c1. The summed E-state index contributed by atoms with van der Waals surface area (Å²) in [6.07, 6.45) is 1.68. The van der Waals surface area contributed by atoms with Crippen LogP contribution in [0.2, 0.25) is 0 Å². The largest absolute Gasteiger partial charge is 0.452 e. The molecule has 0 aromatic heterocycles. The Morgan fingerprint density at radius 1 is 1.03 bits per heavy atom. The Morgan fingerprint density at radius 3 is 2.59 bits per heavy atom. The lowest BCUT2D eigenvalue weighted by Crippen LogP contribution is -2.10. The van der Waals surface area contributed by atoms with Crippen molar-refractivity contribution in [3.63, 3.8) is 0 Å². The van der Waals surface area contributed by atoms with Crippen molar-refractivity contribution >= 4 is 17.8 Å². The highest BCUT2D eigenvalue weighted by molar-refractivity contribution is 6.15. The molecule has 0 unspecified atom stereocenters. The van der Waals surface area contributed by atoms with Crippen molar-refractivity contribution in [2.75, 3.05) is 0 Å². The number of esters is 1. The summed E-state index contributed by atoms with van der Waals surface area (Å²) in [6.45, 7) is 3.70. The van der Waals surface area contributed by atoms with E-state index in [0.29, 0.717) is 16.9 Å². The third kappa shape index (κ3) is 3.67. The van der Waals surface area contributed by atoms with E-state index in [0.717, 1.165) is 11.1 Å². The van der Waals surface area contributed by atoms with Crippen LogP contribution in [0.4, 0.5) is 4.39 Å². The average molecular weight is 388 g/mol. The number of ether oxygens (including phenoxy) is 2. The predicted molar refractivity (Wildman–Crippen MR) is 107 cm³/mol. The fraction of sp³-hybridized carbons (Fsp3) is 0.0833. The molecule has 1 aliphatic rings. The monoisotopic (exact) mass is 388 g/mol. The Morgan fingerprint density at radius 2 is 1.83 bits per heavy atom. The third-order valence-electron chi connectivity index (χ3n) is 4.59. The summed E-state index contributed by atoms with van der Waals surface area (Å²) < 4.78 is 24.8. The molecule has 0 N–H and O–H groups in total. The summed E-state index contributed by atoms with van der Waals surface area (Å²) in [5.41, 5.74) is 2.79. The van der Waals surface area contributed by atoms with Gasteiger partial charge in [0.1, 0.15) is 17.3 Å². The Balaban J connectivity index is 1.63. The zero-order valence-corrected chi connectivity index (χ0v) is 15.9. The van der Waals surface area contributed by atoms with Gasteiger partial charge in [0.05, 0.1) is 11.1 Å². The number of hydrogen-bond acceptors (Lipinski definition) is 4. The fourth-order valence-electron chi connectivity index (χ4n) is 3.24. The molecule has 144 valence electrons. The van der Waals surface area contributed by atoms with E-state index in [4.69, 9.17) is 9.47 Å². The Kier molecular flexibility index (Phi) is 4.72. The first-order valence-electron chi connectivity index (χ1n) is 9.04. The highest BCUT2D eigenvalue weighted by Gasteiger charge is 2.30. The van der Waals surface area contributed by atoms with Crippen LogP contribution in [0.25, 0.3) is 6.08 Å². The number of aryl methyl sites for hydroxylation is 2. The number of fused-ring (bicyclic) bond motifs is 1. The van der Waals surface area contributed by atoms with E-state index in [1.807, 2.05) is 31.2 Å². The van der Waals surface area contributed by atoms with Crippen LogP contribution >= 0.6 is 0 Å². The van der Waals surface area contributed by atoms with Crippen molar-refractivity contribution < 1.29 is 23.5 Å². The van der Waals surface area contributed by atoms with Gasteiger partial charge in [-0.3, -0.25) is 4.79 Å². The van der Waals surface area contributed by atoms with Crippen molar-refractivity contribution in [3.05, 3.63) is 100 Å². The molecule has 0 fully saturated rings. The standard InChI is InChI=1S/C24H17FO4/c1-14-6-5-7-16(10-14)12-21-23(26)22-15(2)11-17(13-20(22)29-21)28-24(27)18-8-3-4-9-19(18)25/h3-13H,1-2H3/b21-12-. The van der Waals surface area contributed by atoms with Gasteiger partial charge in [-0.1, -0.05) is 42.0 Å². The lowest BCUT2D eigenvalue weighted by molar-refractivity contribution is 0.0729. The van der Waals surface area contributed by atoms with Crippen LogP contribution in [0.1, 0.15) is 37.4 Å². The van der Waals surface area contributed by atoms with Crippen LogP contribution in [0.5, 0.6) is 11.5 Å². The first-order chi connectivity index (χ1) is 13.9. The quantitative estimate of drug-likeness (QED) is 0.348. The van der Waals surface area contributed by atoms with Crippen molar-refractivity contribution in [3.8, 4) is 11.5 Å². The minimum Gasteiger partial charge on any atom is -0.452 e. The second-order valence-electron chi connectivity index (χ2n) is 6.84. The van der Waals surface area contributed by atoms with Gasteiger partial charge in [-0.15, -0.1) is 0 Å². The van der Waals surface area contributed by atoms with Crippen LogP contribution in [0, 0.1) is 19.7 Å². The Hall–Kier alpha value is -3.73. The highest BCUT2D eigenvalue weighted by atomic mass is 19.1. The maximum atomic E-state index is 13.8. The van der Waals surface area contributed by atoms with E-state index < -0.39 is 11.8 Å². The van der Waals surface area contributed by atoms with Gasteiger partial charge in [-0.2, -0.15) is 0 Å². The van der Waals surface area contributed by atoms with Crippen molar-refractivity contribution in [2.45, 2.75) is 13.8 Å². The van der Waals surface area contributed by atoms with Gasteiger partial charge in [-0.25, -0.2) is 9.18 Å². The molecule has 0 bridgehead atoms. The molecule has 0 saturated carbocycles. The Labute approximate surface area is 167 Å². The van der Waals surface area contributed by atoms with E-state index in [1.54, 1.807) is 25.1 Å². The van der Waals surface area contributed by atoms with Crippen molar-refractivity contribution in [1.82, 2.24) is 0 Å². The number of Topliss-reactive ketones (excluding diaryl/α,β-unsaturated/α-hetero) is 1. The zero-order valence-electron chi connectivity index (χ0n) is 15.9. The summed E-state index contributed by atoms with van der Waals surface area (Å²) in [7, 11) is 0. The molecular weight excluding hydrogens is 371 g/mol. The number of carbonyl (C=O) groups is 2. The molecular formula is C24H17FO4. The topological polar surface area (TPSA) is 52.6 Å². The maximum Gasteiger partial charge on any atom is 0.346 e. The maximum absolute atomic E-state index is 13.8. The molecule has 29 heavy (non-hydrogen) atoms. The van der Waals surface area contributed by atoms with Crippen LogP contribution in [0.15, 0.2) is 66.4 Å². The van der Waals surface area contributed by atoms with Gasteiger partial charge < -0.3 is 9.47 Å². The predicted octanol–water partition coefficient (Wildman–Crippen LogP) is 5.28. The lowest BCUT2D eigenvalue weighted by Gasteiger charge is -2.08. The zero-order chi connectivity index (χ0) is 20.5. The number of allylic oxidation sites excluding steroid dienone is 1. The van der Waals surface area contributed by atoms with E-state index in [-0.39, 0.29) is 22.9 Å². The molecule has 3 aromatic rings. The lowest BCUT2D eigenvalue weighted by atomic mass is 10.0. The highest BCUT2D eigenvalue weighted by Crippen LogP contribution is 2.37. The molecule has 4 nitrogen and oxygen atoms in total. The van der Waals surface area contributed by atoms with Crippen LogP contribution in [-0.4, -0.2) is 11.8 Å². The van der Waals surface area contributed by atoms with Crippen LogP contribution in [0.3, 0.4) is 0 Å². The number of benzene rings is 3. The smallest absolute Gasteiger partial charge is 0.346 e. The van der Waals surface area contributed by atoms with Gasteiger partial charge in [0, 0.05) is 6.07 Å². The van der Waals surface area contributed by atoms with Crippen LogP contribution < -0.4 is 9.47 Å². The van der Waals surface area contributed by atoms with Crippen molar-refractivity contribution in [1.29, 1.82) is 0 Å². The fourth-order valence-corrected chi connectivity index (χ4v) is 3.24. The molecule has 1 aliphatic heterocycles. The molecule has 0 saturated heterocycles. The second-order valence-corrected chi connectivity index (χ2v) is 6.84. The van der Waals surface area contributed by atoms with E-state index in [9.17, 15) is 14.0 Å². The average Bonchev–Trinajstić information content (AvgIpc) is 2.97. The van der Waals surface area contributed by atoms with Crippen molar-refractivity contribution in [2.24, 2.45) is 0 Å². The number of hydrogen-bond donors (Lipinski definition) is 0. The van der Waals surface area contributed by atoms with Gasteiger partial charge in [0.2, 0.25) is 5.78 Å². The first kappa shape index (κ1) is 18.6. The molecule has 1 heterocycles. The summed E-state index contributed by atoms with van der Waals surface area (Å²) >= 11 is 0. The van der Waals surface area contributed by atoms with E-state index >= 15 is 0 Å². The summed E-state index contributed by atoms with van der Waals surface area (Å²) in [5, 5.41) is 0. The Bertz CT molecular complexity index is 1180. The first-order valence-corrected chi connectivity index (χ1v) is 9.04. The molecule has 3 aromatic carbocycles. The third-order valence-corrected chi connectivity index (χ3v) is 4.59. The summed E-state index contributed by atoms with van der Waals surface area (Å²) in [5.74, 6) is -1.02. The summed E-state index contributed by atoms with van der Waals surface area (Å²) in [6, 6.07) is 16.3.